The Balaban J connectivity index is 1.08. The number of piperazine rings is 1. The van der Waals surface area contributed by atoms with Crippen molar-refractivity contribution in [1.29, 1.82) is 0 Å². The fraction of sp³-hybridized carbons (Fsp3) is 0.731. The smallest absolute Gasteiger partial charge is 0.417 e. The van der Waals surface area contributed by atoms with E-state index in [9.17, 15) is 22.8 Å². The summed E-state index contributed by atoms with van der Waals surface area (Å²) in [6.07, 6.45) is 2.84. The van der Waals surface area contributed by atoms with Gasteiger partial charge in [-0.3, -0.25) is 14.5 Å². The molecule has 7 rings (SSSR count). The van der Waals surface area contributed by atoms with Gasteiger partial charge in [0.2, 0.25) is 5.91 Å². The van der Waals surface area contributed by atoms with E-state index in [0.717, 1.165) is 57.2 Å². The molecule has 1 aliphatic heterocycles. The van der Waals surface area contributed by atoms with Crippen LogP contribution in [-0.4, -0.2) is 66.6 Å². The Labute approximate surface area is 208 Å². The molecule has 1 saturated heterocycles. The second-order valence-electron chi connectivity index (χ2n) is 11.6. The zero-order valence-electron chi connectivity index (χ0n) is 20.5. The first-order chi connectivity index (χ1) is 17.1. The molecule has 0 spiro atoms. The monoisotopic (exact) mass is 506 g/mol. The number of ether oxygens (including phenoxy) is 1. The summed E-state index contributed by atoms with van der Waals surface area (Å²) in [7, 11) is 1.48. The molecule has 5 saturated carbocycles. The summed E-state index contributed by atoms with van der Waals surface area (Å²) < 4.78 is 43.7. The van der Waals surface area contributed by atoms with Crippen LogP contribution in [-0.2, 0) is 20.5 Å². The van der Waals surface area contributed by atoms with E-state index in [1.54, 1.807) is 0 Å². The molecule has 0 aromatic carbocycles. The van der Waals surface area contributed by atoms with Crippen LogP contribution in [0.2, 0.25) is 0 Å². The van der Waals surface area contributed by atoms with E-state index >= 15 is 0 Å². The van der Waals surface area contributed by atoms with Gasteiger partial charge in [0.15, 0.2) is 0 Å². The van der Waals surface area contributed by atoms with Gasteiger partial charge in [0.1, 0.15) is 11.4 Å². The normalized spacial score (nSPS) is 34.9. The largest absolute Gasteiger partial charge is 0.469 e. The highest BCUT2D eigenvalue weighted by Crippen LogP contribution is 2.60. The van der Waals surface area contributed by atoms with Crippen molar-refractivity contribution in [2.45, 2.75) is 62.7 Å². The SMILES string of the molecule is COC(=O)C12CC3CC(C1)C(NC(=O)C1(N4CCN(c5ccc(C(F)(F)F)cn5)CC4)CC1)C(C3)C2. The van der Waals surface area contributed by atoms with Gasteiger partial charge in [-0.2, -0.15) is 13.2 Å². The third-order valence-corrected chi connectivity index (χ3v) is 9.62. The average molecular weight is 507 g/mol. The van der Waals surface area contributed by atoms with Gasteiger partial charge >= 0.3 is 12.1 Å². The third kappa shape index (κ3) is 3.87. The highest BCUT2D eigenvalue weighted by atomic mass is 19.4. The second-order valence-corrected chi connectivity index (χ2v) is 11.6. The lowest BCUT2D eigenvalue weighted by Crippen LogP contribution is -2.64. The van der Waals surface area contributed by atoms with Crippen molar-refractivity contribution in [2.24, 2.45) is 23.2 Å². The molecule has 1 aromatic heterocycles. The number of carbonyl (C=O) groups is 2. The number of amides is 1. The number of nitrogens with one attached hydrogen (secondary N) is 1. The maximum absolute atomic E-state index is 13.6. The number of alkyl halides is 3. The molecule has 7 nitrogen and oxygen atoms in total. The number of halogens is 3. The fourth-order valence-corrected chi connectivity index (χ4v) is 7.92. The van der Waals surface area contributed by atoms with Crippen molar-refractivity contribution in [3.8, 4) is 0 Å². The van der Waals surface area contributed by atoms with Crippen LogP contribution in [0.1, 0.15) is 50.5 Å². The first-order valence-electron chi connectivity index (χ1n) is 13.1. The van der Waals surface area contributed by atoms with Crippen LogP contribution in [0.3, 0.4) is 0 Å². The highest BCUT2D eigenvalue weighted by molar-refractivity contribution is 5.89. The predicted molar refractivity (Wildman–Crippen MR) is 125 cm³/mol. The highest BCUT2D eigenvalue weighted by Gasteiger charge is 2.61. The van der Waals surface area contributed by atoms with E-state index in [-0.39, 0.29) is 23.3 Å². The molecule has 0 radical (unpaired) electrons. The second kappa shape index (κ2) is 8.33. The zero-order chi connectivity index (χ0) is 25.3. The van der Waals surface area contributed by atoms with Crippen molar-refractivity contribution in [3.05, 3.63) is 23.9 Å². The summed E-state index contributed by atoms with van der Waals surface area (Å²) in [6, 6.07) is 2.62. The lowest BCUT2D eigenvalue weighted by Gasteiger charge is -2.58. The van der Waals surface area contributed by atoms with Crippen LogP contribution in [0.15, 0.2) is 18.3 Å². The van der Waals surface area contributed by atoms with E-state index in [4.69, 9.17) is 4.74 Å². The van der Waals surface area contributed by atoms with Crippen molar-refractivity contribution >= 4 is 17.7 Å². The van der Waals surface area contributed by atoms with Crippen LogP contribution in [0.25, 0.3) is 0 Å². The molecular formula is C26H33F3N4O3. The quantitative estimate of drug-likeness (QED) is 0.619. The molecule has 4 bridgehead atoms. The van der Waals surface area contributed by atoms with E-state index in [1.165, 1.54) is 13.2 Å². The van der Waals surface area contributed by atoms with Gasteiger partial charge in [-0.1, -0.05) is 0 Å². The molecule has 36 heavy (non-hydrogen) atoms. The van der Waals surface area contributed by atoms with Gasteiger partial charge in [-0.15, -0.1) is 0 Å². The van der Waals surface area contributed by atoms with Gasteiger partial charge in [0, 0.05) is 38.4 Å². The molecule has 1 aromatic rings. The Morgan fingerprint density at radius 3 is 2.25 bits per heavy atom. The fourth-order valence-electron chi connectivity index (χ4n) is 7.92. The van der Waals surface area contributed by atoms with Crippen molar-refractivity contribution in [2.75, 3.05) is 38.2 Å². The molecule has 2 atom stereocenters. The average Bonchev–Trinajstić information content (AvgIpc) is 3.67. The van der Waals surface area contributed by atoms with Gasteiger partial charge in [-0.25, -0.2) is 4.98 Å². The number of hydrogen-bond acceptors (Lipinski definition) is 6. The minimum absolute atomic E-state index is 0.0780. The van der Waals surface area contributed by atoms with E-state index in [1.807, 2.05) is 4.90 Å². The molecule has 5 aliphatic carbocycles. The Kier molecular flexibility index (Phi) is 5.55. The van der Waals surface area contributed by atoms with Crippen molar-refractivity contribution in [1.82, 2.24) is 15.2 Å². The lowest BCUT2D eigenvalue weighted by atomic mass is 9.48. The molecule has 1 N–H and O–H groups in total. The van der Waals surface area contributed by atoms with Crippen LogP contribution < -0.4 is 10.2 Å². The Bertz CT molecular complexity index is 1020. The minimum Gasteiger partial charge on any atom is -0.469 e. The number of esters is 1. The van der Waals surface area contributed by atoms with Gasteiger partial charge in [0.05, 0.1) is 18.1 Å². The number of anilines is 1. The summed E-state index contributed by atoms with van der Waals surface area (Å²) in [5.41, 5.74) is -1.58. The third-order valence-electron chi connectivity index (χ3n) is 9.62. The number of methoxy groups -OCH3 is 1. The molecule has 2 unspecified atom stereocenters. The first kappa shape index (κ1) is 24.0. The molecule has 196 valence electrons. The number of nitrogens with zero attached hydrogens (tertiary/aromatic N) is 3. The van der Waals surface area contributed by atoms with Crippen LogP contribution in [0, 0.1) is 23.2 Å². The standard InChI is InChI=1S/C26H33F3N4O3/c1-36-23(35)24-12-16-10-17(13-24)21(18(11-16)14-24)31-22(34)25(4-5-25)33-8-6-32(7-9-33)20-3-2-19(15-30-20)26(27,28)29/h2-3,15-18,21H,4-14H2,1H3,(H,31,34). The maximum atomic E-state index is 13.6. The topological polar surface area (TPSA) is 74.8 Å². The van der Waals surface area contributed by atoms with Crippen molar-refractivity contribution in [3.63, 3.8) is 0 Å². The van der Waals surface area contributed by atoms with Crippen LogP contribution in [0.4, 0.5) is 19.0 Å². The number of carbonyl (C=O) groups excluding carboxylic acids is 2. The summed E-state index contributed by atoms with van der Waals surface area (Å²) in [5.74, 6) is 1.77. The lowest BCUT2D eigenvalue weighted by molar-refractivity contribution is -0.171. The summed E-state index contributed by atoms with van der Waals surface area (Å²) >= 11 is 0. The Morgan fingerprint density at radius 1 is 1.06 bits per heavy atom. The first-order valence-corrected chi connectivity index (χ1v) is 13.1. The minimum atomic E-state index is -4.40. The summed E-state index contributed by atoms with van der Waals surface area (Å²) in [6.45, 7) is 2.57. The molecular weight excluding hydrogens is 473 g/mol. The Morgan fingerprint density at radius 2 is 1.72 bits per heavy atom. The molecule has 6 aliphatic rings. The Hall–Kier alpha value is -2.36. The molecule has 2 heterocycles. The van der Waals surface area contributed by atoms with Crippen molar-refractivity contribution < 1.29 is 27.5 Å². The molecule has 1 amide bonds. The van der Waals surface area contributed by atoms with Crippen LogP contribution >= 0.6 is 0 Å². The van der Waals surface area contributed by atoms with E-state index < -0.39 is 17.3 Å². The number of pyridine rings is 1. The number of hydrogen-bond donors (Lipinski definition) is 1. The van der Waals surface area contributed by atoms with Gasteiger partial charge in [-0.05, 0) is 74.8 Å². The van der Waals surface area contributed by atoms with Gasteiger partial charge in [0.25, 0.3) is 0 Å². The van der Waals surface area contributed by atoms with Crippen LogP contribution in [0.5, 0.6) is 0 Å². The maximum Gasteiger partial charge on any atom is 0.417 e. The predicted octanol–water partition coefficient (Wildman–Crippen LogP) is 3.24. The zero-order valence-corrected chi connectivity index (χ0v) is 20.5. The summed E-state index contributed by atoms with van der Waals surface area (Å²) in [5, 5.41) is 3.43. The molecule has 10 heteroatoms. The number of rotatable bonds is 5. The summed E-state index contributed by atoms with van der Waals surface area (Å²) in [4.78, 5) is 34.4. The van der Waals surface area contributed by atoms with Gasteiger partial charge < -0.3 is 15.0 Å². The van der Waals surface area contributed by atoms with E-state index in [2.05, 4.69) is 15.2 Å². The van der Waals surface area contributed by atoms with E-state index in [0.29, 0.717) is 49.8 Å². The molecule has 6 fully saturated rings. The number of aromatic nitrogens is 1.